The fourth-order valence-corrected chi connectivity index (χ4v) is 4.63. The first-order chi connectivity index (χ1) is 15.5. The topological polar surface area (TPSA) is 94.2 Å². The van der Waals surface area contributed by atoms with Crippen molar-refractivity contribution >= 4 is 17.6 Å². The number of rotatable bonds is 14. The number of nitrogens with zero attached hydrogens (tertiary/aromatic N) is 5. The number of hydrogen-bond donors (Lipinski definition) is 1. The fraction of sp³-hybridized carbons (Fsp3) is 0.739. The summed E-state index contributed by atoms with van der Waals surface area (Å²) in [5.41, 5.74) is 0.369. The molecule has 1 fully saturated rings. The predicted octanol–water partition coefficient (Wildman–Crippen LogP) is 2.11. The van der Waals surface area contributed by atoms with Crippen LogP contribution in [0.1, 0.15) is 70.6 Å². The number of aryl methyl sites for hydroxylation is 2. The lowest BCUT2D eigenvalue weighted by atomic mass is 10.1. The van der Waals surface area contributed by atoms with Crippen LogP contribution in [0.5, 0.6) is 0 Å². The molecule has 9 nitrogen and oxygen atoms in total. The normalized spacial score (nSPS) is 16.1. The van der Waals surface area contributed by atoms with Gasteiger partial charge < -0.3 is 9.47 Å². The molecule has 32 heavy (non-hydrogen) atoms. The Balaban J connectivity index is 1.27. The molecular formula is C23H38N6O3. The van der Waals surface area contributed by atoms with Gasteiger partial charge in [-0.25, -0.2) is 9.78 Å². The lowest BCUT2D eigenvalue weighted by Crippen LogP contribution is -2.41. The largest absolute Gasteiger partial charge is 0.332 e. The van der Waals surface area contributed by atoms with Gasteiger partial charge in [-0.05, 0) is 32.2 Å². The molecule has 0 aliphatic carbocycles. The Labute approximate surface area is 189 Å². The molecule has 1 N–H and O–H groups in total. The number of imidazole rings is 1. The molecule has 1 unspecified atom stereocenters. The van der Waals surface area contributed by atoms with E-state index >= 15 is 0 Å². The van der Waals surface area contributed by atoms with Crippen molar-refractivity contribution in [3.63, 3.8) is 0 Å². The molecule has 1 atom stereocenters. The summed E-state index contributed by atoms with van der Waals surface area (Å²) in [5.74, 6) is 0. The lowest BCUT2D eigenvalue weighted by Gasteiger charge is -2.24. The molecule has 0 bridgehead atoms. The molecule has 0 radical (unpaired) electrons. The number of carbonyl (C=O) groups excluding carboxylic acids is 1. The van der Waals surface area contributed by atoms with Crippen LogP contribution in [0.3, 0.4) is 0 Å². The summed E-state index contributed by atoms with van der Waals surface area (Å²) in [6, 6.07) is 0. The van der Waals surface area contributed by atoms with Crippen molar-refractivity contribution < 1.29 is 4.79 Å². The Bertz CT molecular complexity index is 986. The van der Waals surface area contributed by atoms with Gasteiger partial charge in [-0.15, -0.1) is 0 Å². The number of nitrogens with one attached hydrogen (secondary N) is 1. The highest BCUT2D eigenvalue weighted by atomic mass is 16.2. The van der Waals surface area contributed by atoms with Crippen LogP contribution in [0, 0.1) is 0 Å². The van der Waals surface area contributed by atoms with E-state index in [1.54, 1.807) is 25.0 Å². The quantitative estimate of drug-likeness (QED) is 0.354. The predicted molar refractivity (Wildman–Crippen MR) is 126 cm³/mol. The Kier molecular flexibility index (Phi) is 9.08. The summed E-state index contributed by atoms with van der Waals surface area (Å²) < 4.78 is 4.47. The molecule has 9 heteroatoms. The maximum Gasteiger partial charge on any atom is 0.332 e. The van der Waals surface area contributed by atoms with Crippen molar-refractivity contribution in [3.8, 4) is 0 Å². The van der Waals surface area contributed by atoms with Crippen LogP contribution in [0.4, 0.5) is 0 Å². The molecule has 1 amide bonds. The van der Waals surface area contributed by atoms with Crippen molar-refractivity contribution in [2.45, 2.75) is 83.3 Å². The second-order valence-corrected chi connectivity index (χ2v) is 8.96. The summed E-state index contributed by atoms with van der Waals surface area (Å²) in [5, 5.41) is 3.37. The average Bonchev–Trinajstić information content (AvgIpc) is 3.45. The minimum Gasteiger partial charge on any atom is -0.330 e. The smallest absolute Gasteiger partial charge is 0.330 e. The van der Waals surface area contributed by atoms with Crippen LogP contribution in [0.15, 0.2) is 15.9 Å². The van der Waals surface area contributed by atoms with E-state index in [9.17, 15) is 14.4 Å². The average molecular weight is 447 g/mol. The van der Waals surface area contributed by atoms with Crippen molar-refractivity contribution in [3.05, 3.63) is 27.2 Å². The first-order valence-electron chi connectivity index (χ1n) is 12.1. The van der Waals surface area contributed by atoms with Gasteiger partial charge in [0.1, 0.15) is 0 Å². The van der Waals surface area contributed by atoms with Crippen LogP contribution >= 0.6 is 0 Å². The number of carbonyl (C=O) groups is 1. The second-order valence-electron chi connectivity index (χ2n) is 8.96. The van der Waals surface area contributed by atoms with Crippen molar-refractivity contribution in [2.24, 2.45) is 14.1 Å². The highest BCUT2D eigenvalue weighted by Gasteiger charge is 2.19. The summed E-state index contributed by atoms with van der Waals surface area (Å²) in [4.78, 5) is 42.5. The monoisotopic (exact) mass is 446 g/mol. The number of hydrogen-bond acceptors (Lipinski definition) is 5. The molecule has 178 valence electrons. The second kappa shape index (κ2) is 12.0. The van der Waals surface area contributed by atoms with E-state index in [1.165, 1.54) is 41.2 Å². The van der Waals surface area contributed by atoms with Gasteiger partial charge in [0.25, 0.3) is 5.56 Å². The number of aromatic nitrogens is 4. The first kappa shape index (κ1) is 24.2. The lowest BCUT2D eigenvalue weighted by molar-refractivity contribution is -0.120. The molecular weight excluding hydrogens is 408 g/mol. The summed E-state index contributed by atoms with van der Waals surface area (Å²) in [6.07, 6.45) is 15.1. The summed E-state index contributed by atoms with van der Waals surface area (Å²) in [7, 11) is 3.44. The third kappa shape index (κ3) is 5.88. The zero-order chi connectivity index (χ0) is 22.9. The summed E-state index contributed by atoms with van der Waals surface area (Å²) >= 11 is 0. The summed E-state index contributed by atoms with van der Waals surface area (Å²) in [6.45, 7) is 2.32. The van der Waals surface area contributed by atoms with Gasteiger partial charge in [0.05, 0.1) is 12.5 Å². The van der Waals surface area contributed by atoms with Gasteiger partial charge in [0.15, 0.2) is 11.2 Å². The Morgan fingerprint density at radius 2 is 1.72 bits per heavy atom. The Morgan fingerprint density at radius 1 is 1.06 bits per heavy atom. The molecule has 1 saturated heterocycles. The van der Waals surface area contributed by atoms with Crippen LogP contribution < -0.4 is 16.6 Å². The van der Waals surface area contributed by atoms with Crippen molar-refractivity contribution in [1.82, 2.24) is 28.9 Å². The number of fused-ring (bicyclic) bond motifs is 1. The molecule has 1 aliphatic rings. The maximum atomic E-state index is 12.7. The van der Waals surface area contributed by atoms with E-state index < -0.39 is 0 Å². The van der Waals surface area contributed by atoms with Crippen LogP contribution in [0.25, 0.3) is 11.2 Å². The van der Waals surface area contributed by atoms with Gasteiger partial charge >= 0.3 is 5.69 Å². The van der Waals surface area contributed by atoms with E-state index in [0.717, 1.165) is 58.0 Å². The highest BCUT2D eigenvalue weighted by Crippen LogP contribution is 2.13. The molecule has 1 aliphatic heterocycles. The fourth-order valence-electron chi connectivity index (χ4n) is 4.63. The molecule has 0 spiro atoms. The van der Waals surface area contributed by atoms with Crippen LogP contribution in [-0.4, -0.2) is 49.3 Å². The highest BCUT2D eigenvalue weighted by molar-refractivity contribution is 5.69. The van der Waals surface area contributed by atoms with Crippen molar-refractivity contribution in [2.75, 3.05) is 13.1 Å². The van der Waals surface area contributed by atoms with Gasteiger partial charge in [-0.2, -0.15) is 0 Å². The van der Waals surface area contributed by atoms with Crippen LogP contribution in [0.2, 0.25) is 0 Å². The standard InChI is InChI=1S/C23H38N6O3/c1-26-17-25-21-20(26)22(31)29(23(32)27(21)2)16-11-9-7-5-3-4-6-8-10-15-28(18-30)19-13-12-14-24-19/h17-19,24H,3-16H2,1-2H3. The minimum atomic E-state index is -0.293. The molecule has 2 aromatic heterocycles. The van der Waals surface area contributed by atoms with Crippen molar-refractivity contribution in [1.29, 1.82) is 0 Å². The Hall–Kier alpha value is -2.42. The first-order valence-corrected chi connectivity index (χ1v) is 12.1. The molecule has 3 rings (SSSR count). The van der Waals surface area contributed by atoms with E-state index in [0.29, 0.717) is 17.7 Å². The molecule has 0 saturated carbocycles. The van der Waals surface area contributed by atoms with E-state index in [2.05, 4.69) is 10.3 Å². The third-order valence-electron chi connectivity index (χ3n) is 6.57. The maximum absolute atomic E-state index is 12.7. The number of unbranched alkanes of at least 4 members (excludes halogenated alkanes) is 8. The minimum absolute atomic E-state index is 0.245. The van der Waals surface area contributed by atoms with E-state index in [4.69, 9.17) is 0 Å². The van der Waals surface area contributed by atoms with E-state index in [-0.39, 0.29) is 17.4 Å². The SMILES string of the molecule is Cn1cnc2c1c(=O)n(CCCCCCCCCCCN(C=O)C1CCCN1)c(=O)n2C. The van der Waals surface area contributed by atoms with Gasteiger partial charge in [-0.3, -0.25) is 24.0 Å². The third-order valence-corrected chi connectivity index (χ3v) is 6.57. The zero-order valence-corrected chi connectivity index (χ0v) is 19.6. The Morgan fingerprint density at radius 3 is 2.34 bits per heavy atom. The zero-order valence-electron chi connectivity index (χ0n) is 19.6. The number of amides is 1. The molecule has 2 aromatic rings. The molecule has 3 heterocycles. The van der Waals surface area contributed by atoms with Gasteiger partial charge in [0, 0.05) is 27.2 Å². The van der Waals surface area contributed by atoms with Gasteiger partial charge in [-0.1, -0.05) is 44.9 Å². The molecule has 0 aromatic carbocycles. The van der Waals surface area contributed by atoms with Gasteiger partial charge in [0.2, 0.25) is 6.41 Å². The van der Waals surface area contributed by atoms with Crippen LogP contribution in [-0.2, 0) is 25.4 Å². The van der Waals surface area contributed by atoms with E-state index in [1.807, 2.05) is 4.90 Å².